The fraction of sp³-hybridized carbons (Fsp3) is 0.367. The average molecular weight is 1350 g/mol. The van der Waals surface area contributed by atoms with Gasteiger partial charge in [-0.3, -0.25) is 0 Å². The Morgan fingerprint density at radius 3 is 0.717 bits per heavy atom. The van der Waals surface area contributed by atoms with Gasteiger partial charge in [0, 0.05) is 22.4 Å². The number of benzene rings is 4. The fourth-order valence-electron chi connectivity index (χ4n) is 8.53. The molecule has 11 heteroatoms. The summed E-state index contributed by atoms with van der Waals surface area (Å²) >= 11 is 4.34. The van der Waals surface area contributed by atoms with Gasteiger partial charge in [-0.15, -0.1) is 0 Å². The van der Waals surface area contributed by atoms with Gasteiger partial charge in [0.25, 0.3) is 0 Å². The van der Waals surface area contributed by atoms with E-state index < -0.39 is 20.6 Å². The van der Waals surface area contributed by atoms with Gasteiger partial charge in [-0.05, 0) is 104 Å². The maximum absolute atomic E-state index is 9.58. The van der Waals surface area contributed by atoms with Crippen molar-refractivity contribution in [3.63, 3.8) is 0 Å². The normalized spacial score (nSPS) is 15.1. The van der Waals surface area contributed by atoms with Crippen LogP contribution in [-0.2, 0) is 39.6 Å². The van der Waals surface area contributed by atoms with E-state index in [1.165, 1.54) is 57.5 Å². The minimum absolute atomic E-state index is 0. The zero-order valence-corrected chi connectivity index (χ0v) is 44.3. The standard InChI is InChI=1S/C24H20P.C18H33P.2CF3.5CH3.2Au.HI/c1-5-13-21(14-6-1)25(22-15-7-2-8-16-22,23-17-9-3-10-18-23)24-19-11-4-12-20-24;1-4-10-16(11-5-1)19(17-12-6-2-7-13-17)18-14-8-3-9-15-18;2*2-1(3)4;;;;;;;;/h1-20H;16-18H,1-15H2;;;5*1H3;;;1H/q+1;;7*-1;;+1;/p-1. The van der Waals surface area contributed by atoms with Gasteiger partial charge in [0.15, 0.2) is 13.4 Å². The van der Waals surface area contributed by atoms with Crippen molar-refractivity contribution in [3.05, 3.63) is 172 Å². The van der Waals surface area contributed by atoms with E-state index in [4.69, 9.17) is 0 Å². The Kier molecular flexibility index (Phi) is 42.9. The SMILES string of the molecule is C1CCC(P(C2CCCCC2)C2CCCCC2)CC1.F[C-](F)F.F[C-](F)F.[Au].[CH3-].[CH3-].[CH3-].[CH3-].[CH3-].[I][Au].c1ccc([P+](c2ccccc2)(c2ccccc2)c2ccccc2)cc1. The third kappa shape index (κ3) is 21.9. The molecule has 0 bridgehead atoms. The molecule has 0 saturated heterocycles. The van der Waals surface area contributed by atoms with Gasteiger partial charge >= 0.3 is 36.3 Å². The molecule has 0 aromatic heterocycles. The average Bonchev–Trinajstić information content (AvgIpc) is 3.22. The molecule has 0 nitrogen and oxygen atoms in total. The van der Waals surface area contributed by atoms with E-state index in [-0.39, 0.29) is 59.5 Å². The fourth-order valence-corrected chi connectivity index (χ4v) is 17.5. The number of hydrogen-bond acceptors (Lipinski definition) is 0. The molecular weight excluding hydrogens is 1290 g/mol. The van der Waals surface area contributed by atoms with Crippen molar-refractivity contribution in [1.82, 2.24) is 0 Å². The summed E-state index contributed by atoms with van der Waals surface area (Å²) in [6.45, 7) is -6.17. The van der Waals surface area contributed by atoms with Crippen LogP contribution < -0.4 is 21.2 Å². The van der Waals surface area contributed by atoms with Gasteiger partial charge in [0.2, 0.25) is 0 Å². The second kappa shape index (κ2) is 38.9. The third-order valence-corrected chi connectivity index (χ3v) is 18.9. The summed E-state index contributed by atoms with van der Waals surface area (Å²) in [4.78, 5) is 0. The minimum atomic E-state index is -3.08. The molecule has 4 aromatic rings. The summed E-state index contributed by atoms with van der Waals surface area (Å²) in [5.74, 6) is 0. The summed E-state index contributed by atoms with van der Waals surface area (Å²) in [6, 6.07) is 43.8. The van der Waals surface area contributed by atoms with Crippen LogP contribution in [0.4, 0.5) is 26.3 Å². The molecular formula is C49H68Au2F6IP2-6. The quantitative estimate of drug-likeness (QED) is 0.0569. The van der Waals surface area contributed by atoms with E-state index in [1.807, 2.05) is 0 Å². The van der Waals surface area contributed by atoms with E-state index in [1.54, 1.807) is 77.0 Å². The van der Waals surface area contributed by atoms with Crippen molar-refractivity contribution in [2.45, 2.75) is 113 Å². The molecule has 0 spiro atoms. The monoisotopic (exact) mass is 1350 g/mol. The maximum Gasteiger partial charge on any atom is 0.144 e. The van der Waals surface area contributed by atoms with E-state index in [0.717, 1.165) is 0 Å². The molecule has 3 aliphatic rings. The predicted octanol–water partition coefficient (Wildman–Crippen LogP) is 16.6. The van der Waals surface area contributed by atoms with Gasteiger partial charge in [-0.25, -0.2) is 0 Å². The molecule has 0 aliphatic heterocycles. The van der Waals surface area contributed by atoms with E-state index in [0.29, 0.717) is 7.92 Å². The molecule has 0 N–H and O–H groups in total. The smallest absolute Gasteiger partial charge is 0.0620 e. The second-order valence-corrected chi connectivity index (χ2v) is 20.3. The Morgan fingerprint density at radius 1 is 0.383 bits per heavy atom. The Balaban J connectivity index is -0.000000402. The topological polar surface area (TPSA) is 0 Å². The van der Waals surface area contributed by atoms with E-state index in [2.05, 4.69) is 158 Å². The Bertz CT molecular complexity index is 1260. The third-order valence-electron chi connectivity index (χ3n) is 10.6. The first-order valence-corrected chi connectivity index (χ1v) is 28.5. The van der Waals surface area contributed by atoms with Gasteiger partial charge < -0.3 is 63.5 Å². The maximum atomic E-state index is 9.58. The van der Waals surface area contributed by atoms with Gasteiger partial charge in [0.1, 0.15) is 28.5 Å². The summed E-state index contributed by atoms with van der Waals surface area (Å²) in [5.41, 5.74) is 3.57. The first-order chi connectivity index (χ1) is 26.3. The molecule has 351 valence electrons. The van der Waals surface area contributed by atoms with Gasteiger partial charge in [-0.1, -0.05) is 139 Å². The summed E-state index contributed by atoms with van der Waals surface area (Å²) in [7, 11) is -1.52. The molecule has 3 aliphatic carbocycles. The summed E-state index contributed by atoms with van der Waals surface area (Å²) in [6.07, 6.45) is 23.6. The molecule has 0 unspecified atom stereocenters. The van der Waals surface area contributed by atoms with Crippen molar-refractivity contribution in [2.75, 3.05) is 0 Å². The van der Waals surface area contributed by atoms with Crippen LogP contribution in [0.2, 0.25) is 0 Å². The van der Waals surface area contributed by atoms with Crippen LogP contribution in [0.5, 0.6) is 0 Å². The van der Waals surface area contributed by atoms with Crippen LogP contribution in [0.3, 0.4) is 0 Å². The van der Waals surface area contributed by atoms with Crippen LogP contribution in [0.25, 0.3) is 0 Å². The van der Waals surface area contributed by atoms with Crippen molar-refractivity contribution in [1.29, 1.82) is 0 Å². The molecule has 3 saturated carbocycles. The molecule has 60 heavy (non-hydrogen) atoms. The Labute approximate surface area is 403 Å². The zero-order valence-electron chi connectivity index (χ0n) is 36.0. The second-order valence-electron chi connectivity index (χ2n) is 13.8. The first kappa shape index (κ1) is 66.1. The zero-order chi connectivity index (χ0) is 39.0. The summed E-state index contributed by atoms with van der Waals surface area (Å²) < 4.78 is 57.5. The first-order valence-electron chi connectivity index (χ1n) is 19.0. The van der Waals surface area contributed by atoms with Crippen LogP contribution in [-0.4, -0.2) is 17.0 Å². The van der Waals surface area contributed by atoms with E-state index >= 15 is 0 Å². The van der Waals surface area contributed by atoms with Crippen molar-refractivity contribution in [3.8, 4) is 0 Å². The number of hydrogen-bond donors (Lipinski definition) is 0. The molecule has 1 radical (unpaired) electrons. The number of rotatable bonds is 7. The van der Waals surface area contributed by atoms with Crippen molar-refractivity contribution < 1.29 is 66.0 Å². The minimum Gasteiger partial charge on any atom is -0.0620 e. The predicted molar refractivity (Wildman–Crippen MR) is 258 cm³/mol. The molecule has 3 fully saturated rings. The van der Waals surface area contributed by atoms with Crippen LogP contribution >= 0.6 is 34.2 Å². The van der Waals surface area contributed by atoms with Crippen LogP contribution in [0, 0.1) is 50.5 Å². The molecule has 0 heterocycles. The Morgan fingerprint density at radius 2 is 0.550 bits per heavy atom. The molecule has 0 amide bonds. The van der Waals surface area contributed by atoms with Crippen molar-refractivity contribution in [2.24, 2.45) is 0 Å². The van der Waals surface area contributed by atoms with Gasteiger partial charge in [0.05, 0.1) is 0 Å². The molecule has 7 rings (SSSR count). The van der Waals surface area contributed by atoms with Crippen LogP contribution in [0.1, 0.15) is 96.3 Å². The Hall–Kier alpha value is -0.469. The van der Waals surface area contributed by atoms with Crippen molar-refractivity contribution >= 4 is 55.4 Å². The van der Waals surface area contributed by atoms with Gasteiger partial charge in [-0.2, -0.15) is 0 Å². The van der Waals surface area contributed by atoms with E-state index in [9.17, 15) is 26.3 Å². The van der Waals surface area contributed by atoms with Crippen LogP contribution in [0.15, 0.2) is 121 Å². The number of halogens is 7. The largest absolute Gasteiger partial charge is 0.144 e. The molecule has 4 aromatic carbocycles. The summed E-state index contributed by atoms with van der Waals surface area (Å²) in [5, 5.41) is 5.55. The molecule has 0 atom stereocenters.